The van der Waals surface area contributed by atoms with Gasteiger partial charge in [-0.15, -0.1) is 5.10 Å². The van der Waals surface area contributed by atoms with E-state index in [4.69, 9.17) is 11.6 Å². The lowest BCUT2D eigenvalue weighted by Gasteiger charge is -2.01. The van der Waals surface area contributed by atoms with Gasteiger partial charge in [0.1, 0.15) is 5.82 Å². The molecule has 0 saturated heterocycles. The molecule has 0 amide bonds. The zero-order valence-corrected chi connectivity index (χ0v) is 10.5. The highest BCUT2D eigenvalue weighted by Gasteiger charge is 2.03. The van der Waals surface area contributed by atoms with Gasteiger partial charge in [-0.05, 0) is 17.7 Å². The number of hydrogen-bond acceptors (Lipinski definition) is 2. The minimum absolute atomic E-state index is 0.128. The number of aromatic nitrogens is 3. The van der Waals surface area contributed by atoms with E-state index >= 15 is 0 Å². The molecule has 0 radical (unpaired) electrons. The largest absolute Gasteiger partial charge is 0.248 e. The summed E-state index contributed by atoms with van der Waals surface area (Å²) >= 11 is 8.88. The summed E-state index contributed by atoms with van der Waals surface area (Å²) in [5.74, 6) is -0.417. The molecule has 16 heavy (non-hydrogen) atoms. The van der Waals surface area contributed by atoms with Crippen molar-refractivity contribution < 1.29 is 4.39 Å². The maximum atomic E-state index is 13.2. The van der Waals surface area contributed by atoms with Gasteiger partial charge in [0.2, 0.25) is 0 Å². The number of halogens is 3. The summed E-state index contributed by atoms with van der Waals surface area (Å²) in [5, 5.41) is 8.62. The van der Waals surface area contributed by atoms with Crippen molar-refractivity contribution in [3.8, 4) is 0 Å². The summed E-state index contributed by atoms with van der Waals surface area (Å²) in [5.41, 5.74) is 1.64. The van der Waals surface area contributed by atoms with E-state index in [0.29, 0.717) is 11.9 Å². The summed E-state index contributed by atoms with van der Waals surface area (Å²) < 4.78 is 14.8. The zero-order chi connectivity index (χ0) is 11.5. The van der Waals surface area contributed by atoms with Crippen LogP contribution in [0.25, 0.3) is 0 Å². The SMILES string of the molecule is Fc1cc(Cn2cc(CBr)nn2)ccc1Cl. The number of benzene rings is 1. The molecule has 0 atom stereocenters. The van der Waals surface area contributed by atoms with Gasteiger partial charge in [-0.25, -0.2) is 9.07 Å². The van der Waals surface area contributed by atoms with Gasteiger partial charge >= 0.3 is 0 Å². The fraction of sp³-hybridized carbons (Fsp3) is 0.200. The molecule has 0 aliphatic carbocycles. The molecule has 0 spiro atoms. The van der Waals surface area contributed by atoms with Gasteiger partial charge in [0.25, 0.3) is 0 Å². The van der Waals surface area contributed by atoms with Gasteiger partial charge in [-0.2, -0.15) is 0 Å². The third-order valence-corrected chi connectivity index (χ3v) is 2.93. The van der Waals surface area contributed by atoms with Crippen LogP contribution >= 0.6 is 27.5 Å². The normalized spacial score (nSPS) is 10.7. The van der Waals surface area contributed by atoms with Crippen LogP contribution in [-0.4, -0.2) is 15.0 Å². The molecule has 0 saturated carbocycles. The van der Waals surface area contributed by atoms with Gasteiger partial charge in [0, 0.05) is 11.5 Å². The molecule has 84 valence electrons. The van der Waals surface area contributed by atoms with Gasteiger partial charge in [0.15, 0.2) is 0 Å². The molecule has 1 aromatic heterocycles. The van der Waals surface area contributed by atoms with Crippen LogP contribution in [-0.2, 0) is 11.9 Å². The first kappa shape index (κ1) is 11.5. The molecule has 0 aliphatic rings. The van der Waals surface area contributed by atoms with Crippen molar-refractivity contribution in [2.24, 2.45) is 0 Å². The Labute approximate surface area is 105 Å². The lowest BCUT2D eigenvalue weighted by molar-refractivity contribution is 0.614. The Morgan fingerprint density at radius 2 is 2.25 bits per heavy atom. The highest BCUT2D eigenvalue weighted by atomic mass is 79.9. The van der Waals surface area contributed by atoms with Crippen molar-refractivity contribution in [2.45, 2.75) is 11.9 Å². The lowest BCUT2D eigenvalue weighted by Crippen LogP contribution is -2.00. The fourth-order valence-electron chi connectivity index (χ4n) is 1.30. The lowest BCUT2D eigenvalue weighted by atomic mass is 10.2. The van der Waals surface area contributed by atoms with E-state index in [1.54, 1.807) is 16.9 Å². The van der Waals surface area contributed by atoms with Crippen LogP contribution in [0.5, 0.6) is 0 Å². The molecule has 0 fully saturated rings. The second-order valence-corrected chi connectivity index (χ2v) is 4.26. The first-order valence-electron chi connectivity index (χ1n) is 4.58. The summed E-state index contributed by atoms with van der Waals surface area (Å²) in [4.78, 5) is 0. The Balaban J connectivity index is 2.17. The summed E-state index contributed by atoms with van der Waals surface area (Å²) in [6.07, 6.45) is 1.81. The van der Waals surface area contributed by atoms with Crippen LogP contribution in [0, 0.1) is 5.82 Å². The van der Waals surface area contributed by atoms with Crippen LogP contribution in [0.1, 0.15) is 11.3 Å². The van der Waals surface area contributed by atoms with Gasteiger partial charge < -0.3 is 0 Å². The minimum Gasteiger partial charge on any atom is -0.248 e. The van der Waals surface area contributed by atoms with Gasteiger partial charge in [-0.3, -0.25) is 0 Å². The molecule has 2 rings (SSSR count). The van der Waals surface area contributed by atoms with Crippen molar-refractivity contribution in [3.05, 3.63) is 46.5 Å². The van der Waals surface area contributed by atoms with E-state index < -0.39 is 5.82 Å². The molecule has 1 aromatic carbocycles. The molecule has 0 bridgehead atoms. The van der Waals surface area contributed by atoms with E-state index in [0.717, 1.165) is 11.3 Å². The highest BCUT2D eigenvalue weighted by Crippen LogP contribution is 2.16. The Morgan fingerprint density at radius 3 is 2.88 bits per heavy atom. The predicted octanol–water partition coefficient (Wildman–Crippen LogP) is 3.01. The van der Waals surface area contributed by atoms with Crippen LogP contribution < -0.4 is 0 Å². The van der Waals surface area contributed by atoms with Crippen LogP contribution in [0.15, 0.2) is 24.4 Å². The third kappa shape index (κ3) is 2.59. The van der Waals surface area contributed by atoms with E-state index in [2.05, 4.69) is 26.2 Å². The fourth-order valence-corrected chi connectivity index (χ4v) is 1.68. The smallest absolute Gasteiger partial charge is 0.142 e. The Kier molecular flexibility index (Phi) is 3.56. The van der Waals surface area contributed by atoms with Crippen molar-refractivity contribution in [1.29, 1.82) is 0 Å². The second kappa shape index (κ2) is 4.93. The second-order valence-electron chi connectivity index (χ2n) is 3.29. The zero-order valence-electron chi connectivity index (χ0n) is 8.20. The van der Waals surface area contributed by atoms with E-state index in [1.165, 1.54) is 12.1 Å². The average molecular weight is 305 g/mol. The quantitative estimate of drug-likeness (QED) is 0.816. The number of hydrogen-bond donors (Lipinski definition) is 0. The van der Waals surface area contributed by atoms with E-state index in [9.17, 15) is 4.39 Å². The Morgan fingerprint density at radius 1 is 1.44 bits per heavy atom. The standard InChI is InChI=1S/C10H8BrClFN3/c11-4-8-6-16(15-14-8)5-7-1-2-9(12)10(13)3-7/h1-3,6H,4-5H2. The molecule has 0 unspecified atom stereocenters. The molecular weight excluding hydrogens is 296 g/mol. The third-order valence-electron chi connectivity index (χ3n) is 2.05. The van der Waals surface area contributed by atoms with Crippen molar-refractivity contribution >= 4 is 27.5 Å². The van der Waals surface area contributed by atoms with Gasteiger partial charge in [0.05, 0.1) is 17.3 Å². The summed E-state index contributed by atoms with van der Waals surface area (Å²) in [6, 6.07) is 4.70. The maximum absolute atomic E-state index is 13.2. The number of nitrogens with zero attached hydrogens (tertiary/aromatic N) is 3. The number of rotatable bonds is 3. The predicted molar refractivity (Wildman–Crippen MR) is 63.2 cm³/mol. The van der Waals surface area contributed by atoms with Crippen LogP contribution in [0.2, 0.25) is 5.02 Å². The summed E-state index contributed by atoms with van der Waals surface area (Å²) in [7, 11) is 0. The molecule has 0 aliphatic heterocycles. The first-order valence-corrected chi connectivity index (χ1v) is 6.08. The minimum atomic E-state index is -0.417. The molecule has 2 aromatic rings. The average Bonchev–Trinajstić information content (AvgIpc) is 2.71. The van der Waals surface area contributed by atoms with E-state index in [-0.39, 0.29) is 5.02 Å². The van der Waals surface area contributed by atoms with Gasteiger partial charge in [-0.1, -0.05) is 38.8 Å². The van der Waals surface area contributed by atoms with Crippen molar-refractivity contribution in [2.75, 3.05) is 0 Å². The maximum Gasteiger partial charge on any atom is 0.142 e. The summed E-state index contributed by atoms with van der Waals surface area (Å²) in [6.45, 7) is 0.480. The molecule has 0 N–H and O–H groups in total. The Bertz CT molecular complexity index is 501. The highest BCUT2D eigenvalue weighted by molar-refractivity contribution is 9.08. The van der Waals surface area contributed by atoms with Crippen LogP contribution in [0.3, 0.4) is 0 Å². The molecule has 6 heteroatoms. The van der Waals surface area contributed by atoms with Crippen molar-refractivity contribution in [1.82, 2.24) is 15.0 Å². The molecular formula is C10H8BrClFN3. The first-order chi connectivity index (χ1) is 7.69. The van der Waals surface area contributed by atoms with Crippen LogP contribution in [0.4, 0.5) is 4.39 Å². The molecule has 1 heterocycles. The topological polar surface area (TPSA) is 30.7 Å². The molecule has 3 nitrogen and oxygen atoms in total. The monoisotopic (exact) mass is 303 g/mol. The number of alkyl halides is 1. The Hall–Kier alpha value is -0.940. The van der Waals surface area contributed by atoms with Crippen molar-refractivity contribution in [3.63, 3.8) is 0 Å². The van der Waals surface area contributed by atoms with E-state index in [1.807, 2.05) is 0 Å².